The van der Waals surface area contributed by atoms with Gasteiger partial charge in [-0.05, 0) is 102 Å². The van der Waals surface area contributed by atoms with Crippen molar-refractivity contribution in [1.82, 2.24) is 0 Å². The van der Waals surface area contributed by atoms with Gasteiger partial charge in [-0.2, -0.15) is 0 Å². The van der Waals surface area contributed by atoms with Gasteiger partial charge in [0.25, 0.3) is 55.7 Å². The Hall–Kier alpha value is 0.235. The molecule has 2 aliphatic rings. The van der Waals surface area contributed by atoms with Gasteiger partial charge in [-0.25, -0.2) is 0 Å². The summed E-state index contributed by atoms with van der Waals surface area (Å²) in [7, 11) is -14.7. The molecule has 0 amide bonds. The van der Waals surface area contributed by atoms with Crippen LogP contribution in [0.1, 0.15) is 12.8 Å². The van der Waals surface area contributed by atoms with Crippen molar-refractivity contribution in [3.63, 3.8) is 0 Å². The lowest BCUT2D eigenvalue weighted by Crippen LogP contribution is -2.53. The first-order valence-electron chi connectivity index (χ1n) is 13.6. The van der Waals surface area contributed by atoms with Gasteiger partial charge in [0.05, 0.1) is 13.2 Å². The quantitative estimate of drug-likeness (QED) is 0.273. The molecule has 38 heavy (non-hydrogen) atoms. The van der Waals surface area contributed by atoms with Gasteiger partial charge >= 0.3 is 17.1 Å². The summed E-state index contributed by atoms with van der Waals surface area (Å²) >= 11 is 0. The molecule has 0 bridgehead atoms. The molecule has 0 N–H and O–H groups in total. The van der Waals surface area contributed by atoms with Crippen LogP contribution in [0, 0.1) is 0 Å². The lowest BCUT2D eigenvalue weighted by molar-refractivity contribution is 0.263. The molecule has 2 aliphatic heterocycles. The summed E-state index contributed by atoms with van der Waals surface area (Å²) in [5, 5.41) is 0. The highest BCUT2D eigenvalue weighted by molar-refractivity contribution is 6.81. The Bertz CT molecular complexity index is 748. The molecule has 2 saturated heterocycles. The maximum Gasteiger partial charge on any atom is 0.317 e. The number of ether oxygens (including phenoxy) is 2. The summed E-state index contributed by atoms with van der Waals surface area (Å²) < 4.78 is 61.3. The van der Waals surface area contributed by atoms with Crippen molar-refractivity contribution >= 4 is 72.8 Å². The first-order chi connectivity index (χ1) is 17.9. The van der Waals surface area contributed by atoms with E-state index in [1.165, 1.54) is 0 Å². The number of rotatable bonds is 10. The Morgan fingerprint density at radius 1 is 0.526 bits per heavy atom. The molecule has 0 saturated carbocycles. The topological polar surface area (TPSA) is 92.3 Å². The summed E-state index contributed by atoms with van der Waals surface area (Å²) in [6.07, 6.45) is 1.73. The highest BCUT2D eigenvalue weighted by atomic mass is 28.5. The predicted molar refractivity (Wildman–Crippen MR) is 166 cm³/mol. The third kappa shape index (κ3) is 11.6. The first kappa shape index (κ1) is 32.7. The van der Waals surface area contributed by atoms with Crippen LogP contribution in [0.3, 0.4) is 0 Å². The third-order valence-corrected chi connectivity index (χ3v) is 34.2. The summed E-state index contributed by atoms with van der Waals surface area (Å²) in [5.74, 6) is 1.65. The summed E-state index contributed by atoms with van der Waals surface area (Å²) in [6.45, 7) is 17.8. The van der Waals surface area contributed by atoms with Gasteiger partial charge in [-0.15, -0.1) is 0 Å². The summed E-state index contributed by atoms with van der Waals surface area (Å²) in [5.41, 5.74) is 0. The van der Waals surface area contributed by atoms with E-state index in [1.807, 2.05) is 24.3 Å². The molecule has 1 aromatic rings. The van der Waals surface area contributed by atoms with Gasteiger partial charge in [0.1, 0.15) is 11.5 Å². The first-order valence-corrected chi connectivity index (χ1v) is 31.3. The minimum Gasteiger partial charge on any atom is -0.494 e. The Balaban J connectivity index is 1.36. The van der Waals surface area contributed by atoms with Gasteiger partial charge in [-0.3, -0.25) is 0 Å². The van der Waals surface area contributed by atoms with E-state index in [4.69, 9.17) is 42.4 Å². The minimum atomic E-state index is -2.30. The van der Waals surface area contributed by atoms with Crippen LogP contribution in [0.25, 0.3) is 0 Å². The number of hydrogen-bond donors (Lipinski definition) is 0. The zero-order chi connectivity index (χ0) is 27.8. The fourth-order valence-electron chi connectivity index (χ4n) is 4.75. The van der Waals surface area contributed by atoms with E-state index in [9.17, 15) is 0 Å². The van der Waals surface area contributed by atoms with Crippen molar-refractivity contribution in [2.75, 3.05) is 13.2 Å². The second-order valence-corrected chi connectivity index (χ2v) is 30.5. The van der Waals surface area contributed by atoms with E-state index < -0.39 is 72.8 Å². The Kier molecular flexibility index (Phi) is 13.3. The van der Waals surface area contributed by atoms with Crippen molar-refractivity contribution in [1.29, 1.82) is 0 Å². The van der Waals surface area contributed by atoms with Crippen LogP contribution in [-0.4, -0.2) is 86.0 Å². The van der Waals surface area contributed by atoms with Crippen LogP contribution in [0.2, 0.25) is 64.5 Å². The summed E-state index contributed by atoms with van der Waals surface area (Å²) in [6, 6.07) is 9.53. The van der Waals surface area contributed by atoms with E-state index in [0.29, 0.717) is 13.2 Å². The van der Waals surface area contributed by atoms with E-state index >= 15 is 0 Å². The molecule has 2 fully saturated rings. The van der Waals surface area contributed by atoms with Crippen LogP contribution < -0.4 is 9.47 Å². The second kappa shape index (κ2) is 15.5. The average molecular weight is 671 g/mol. The second-order valence-electron chi connectivity index (χ2n) is 10.1. The molecule has 1 aromatic carbocycles. The fraction of sp³-hybridized carbons (Fsp3) is 0.700. The van der Waals surface area contributed by atoms with Crippen molar-refractivity contribution in [2.45, 2.75) is 77.3 Å². The monoisotopic (exact) mass is 670 g/mol. The molecule has 3 rings (SSSR count). The third-order valence-electron chi connectivity index (χ3n) is 6.11. The highest BCUT2D eigenvalue weighted by Gasteiger charge is 2.40. The predicted octanol–water partition coefficient (Wildman–Crippen LogP) is 2.63. The maximum atomic E-state index is 6.34. The minimum absolute atomic E-state index is 0.607. The van der Waals surface area contributed by atoms with Crippen LogP contribution in [-0.2, 0) is 32.9 Å². The van der Waals surface area contributed by atoms with Crippen LogP contribution >= 0.6 is 0 Å². The molecule has 0 radical (unpaired) electrons. The molecule has 0 spiro atoms. The molecular formula is C20H46O10Si8. The van der Waals surface area contributed by atoms with Crippen molar-refractivity contribution in [2.24, 2.45) is 0 Å². The van der Waals surface area contributed by atoms with E-state index in [0.717, 1.165) is 36.4 Å². The lowest BCUT2D eigenvalue weighted by Gasteiger charge is -2.37. The molecule has 4 unspecified atom stereocenters. The van der Waals surface area contributed by atoms with E-state index in [-0.39, 0.29) is 0 Å². The molecule has 2 heterocycles. The van der Waals surface area contributed by atoms with Crippen molar-refractivity contribution in [3.05, 3.63) is 24.3 Å². The summed E-state index contributed by atoms with van der Waals surface area (Å²) in [4.78, 5) is 0. The molecule has 18 heteroatoms. The largest absolute Gasteiger partial charge is 0.494 e. The van der Waals surface area contributed by atoms with Crippen LogP contribution in [0.5, 0.6) is 11.5 Å². The van der Waals surface area contributed by atoms with Gasteiger partial charge in [0.2, 0.25) is 0 Å². The fourth-order valence-corrected chi connectivity index (χ4v) is 34.1. The van der Waals surface area contributed by atoms with Crippen LogP contribution in [0.15, 0.2) is 24.3 Å². The Morgan fingerprint density at radius 3 is 1.11 bits per heavy atom. The Labute approximate surface area is 240 Å². The average Bonchev–Trinajstić information content (AvgIpc) is 2.78. The van der Waals surface area contributed by atoms with Gasteiger partial charge in [0, 0.05) is 0 Å². The highest BCUT2D eigenvalue weighted by Crippen LogP contribution is 2.24. The van der Waals surface area contributed by atoms with Crippen molar-refractivity contribution < 1.29 is 42.4 Å². The molecule has 0 aromatic heterocycles. The van der Waals surface area contributed by atoms with Gasteiger partial charge < -0.3 is 42.4 Å². The number of benzene rings is 1. The van der Waals surface area contributed by atoms with Gasteiger partial charge in [-0.1, -0.05) is 0 Å². The zero-order valence-corrected chi connectivity index (χ0v) is 33.0. The van der Waals surface area contributed by atoms with Crippen molar-refractivity contribution in [3.8, 4) is 11.5 Å². The maximum absolute atomic E-state index is 6.34. The Morgan fingerprint density at radius 2 is 0.816 bits per heavy atom. The SMILES string of the molecule is C[SiH]1O[SiH](C)O[Si](C)(CCCOc2ccc(OCCC[Si]3(C)O[SiH](C)O[SiH](C)O[SiH](C)O3)cc2)O[SiH](C)O1. The van der Waals surface area contributed by atoms with E-state index in [2.05, 4.69) is 52.4 Å². The lowest BCUT2D eigenvalue weighted by atomic mass is 10.3. The van der Waals surface area contributed by atoms with Crippen LogP contribution in [0.4, 0.5) is 0 Å². The zero-order valence-electron chi connectivity index (χ0n) is 24.1. The standard InChI is InChI=1S/C20H46O10Si8/c1-31-23-33(3)27-37(7,28-34(4)24-31)17-9-15-21-19-11-13-20(14-12-19)22-16-10-18-38(8)29-35(5)25-32(2)26-36(6)30-38/h11-14,31-36H,9-10,15-18H2,1-8H3. The molecule has 10 nitrogen and oxygen atoms in total. The van der Waals surface area contributed by atoms with Gasteiger partial charge in [0.15, 0.2) is 0 Å². The molecular weight excluding hydrogens is 625 g/mol. The molecule has 4 atom stereocenters. The molecule has 0 aliphatic carbocycles. The number of hydrogen-bond acceptors (Lipinski definition) is 10. The smallest absolute Gasteiger partial charge is 0.317 e. The normalized spacial score (nSPS) is 36.9. The van der Waals surface area contributed by atoms with E-state index in [1.54, 1.807) is 0 Å². The molecule has 218 valence electrons.